The smallest absolute Gasteiger partial charge is 0.311 e. The van der Waals surface area contributed by atoms with Gasteiger partial charge in [0.2, 0.25) is 0 Å². The molecular weight excluding hydrogens is 416 g/mol. The maximum absolute atomic E-state index is 11.9. The summed E-state index contributed by atoms with van der Waals surface area (Å²) < 4.78 is 2.70. The zero-order chi connectivity index (χ0) is 18.7. The Bertz CT molecular complexity index is 939. The molecule has 134 valence electrons. The number of aliphatic carboxylic acids is 1. The zero-order valence-electron chi connectivity index (χ0n) is 14.2. The van der Waals surface area contributed by atoms with Gasteiger partial charge in [-0.1, -0.05) is 45.7 Å². The molecule has 0 aliphatic carbocycles. The molecule has 0 aliphatic rings. The third-order valence-corrected chi connectivity index (χ3v) is 5.01. The van der Waals surface area contributed by atoms with E-state index in [1.54, 1.807) is 6.07 Å². The monoisotopic (exact) mass is 432 g/mol. The van der Waals surface area contributed by atoms with Crippen LogP contribution in [-0.2, 0) is 17.8 Å². The third kappa shape index (κ3) is 4.17. The first-order chi connectivity index (χ1) is 12.5. The highest BCUT2D eigenvalue weighted by Crippen LogP contribution is 2.31. The number of hydrogen-bond acceptors (Lipinski definition) is 2. The lowest BCUT2D eigenvalue weighted by molar-refractivity contribution is -0.138. The average Bonchev–Trinajstić information content (AvgIpc) is 3.09. The van der Waals surface area contributed by atoms with Gasteiger partial charge in [0.1, 0.15) is 0 Å². The van der Waals surface area contributed by atoms with Gasteiger partial charge in [-0.05, 0) is 54.8 Å². The zero-order valence-corrected chi connectivity index (χ0v) is 16.5. The van der Waals surface area contributed by atoms with E-state index in [1.165, 1.54) is 0 Å². The number of aromatic nitrogens is 2. The second kappa shape index (κ2) is 8.06. The van der Waals surface area contributed by atoms with E-state index in [-0.39, 0.29) is 0 Å². The van der Waals surface area contributed by atoms with Gasteiger partial charge in [-0.2, -0.15) is 5.10 Å². The summed E-state index contributed by atoms with van der Waals surface area (Å²) in [6, 6.07) is 14.9. The van der Waals surface area contributed by atoms with Crippen LogP contribution in [0.1, 0.15) is 24.0 Å². The summed E-state index contributed by atoms with van der Waals surface area (Å²) in [6.45, 7) is 2.79. The number of carboxylic acids is 1. The second-order valence-corrected chi connectivity index (χ2v) is 7.36. The van der Waals surface area contributed by atoms with Crippen LogP contribution in [0.5, 0.6) is 0 Å². The van der Waals surface area contributed by atoms with Crippen LogP contribution in [0.25, 0.3) is 11.3 Å². The molecule has 1 N–H and O–H groups in total. The average molecular weight is 434 g/mol. The molecule has 0 radical (unpaired) electrons. The highest BCUT2D eigenvalue weighted by atomic mass is 79.9. The highest BCUT2D eigenvalue weighted by molar-refractivity contribution is 9.10. The molecule has 1 unspecified atom stereocenters. The van der Waals surface area contributed by atoms with Gasteiger partial charge in [-0.3, -0.25) is 9.48 Å². The summed E-state index contributed by atoms with van der Waals surface area (Å²) in [5.41, 5.74) is 3.32. The van der Waals surface area contributed by atoms with Crippen LogP contribution in [-0.4, -0.2) is 20.9 Å². The van der Waals surface area contributed by atoms with Crippen molar-refractivity contribution in [3.05, 3.63) is 75.4 Å². The van der Waals surface area contributed by atoms with Gasteiger partial charge in [0.15, 0.2) is 0 Å². The van der Waals surface area contributed by atoms with Crippen LogP contribution in [0.15, 0.2) is 59.2 Å². The number of carbonyl (C=O) groups is 1. The molecule has 0 bridgehead atoms. The van der Waals surface area contributed by atoms with Crippen molar-refractivity contribution in [3.63, 3.8) is 0 Å². The molecule has 1 aromatic heterocycles. The number of hydrogen-bond donors (Lipinski definition) is 1. The van der Waals surface area contributed by atoms with Crippen molar-refractivity contribution in [1.82, 2.24) is 9.78 Å². The van der Waals surface area contributed by atoms with E-state index in [1.807, 2.05) is 60.3 Å². The van der Waals surface area contributed by atoms with Gasteiger partial charge in [-0.15, -0.1) is 0 Å². The van der Waals surface area contributed by atoms with E-state index >= 15 is 0 Å². The number of benzene rings is 2. The molecule has 3 aromatic rings. The van der Waals surface area contributed by atoms with E-state index in [0.29, 0.717) is 11.4 Å². The molecule has 26 heavy (non-hydrogen) atoms. The maximum atomic E-state index is 11.9. The molecule has 1 heterocycles. The fraction of sp³-hybridized carbons (Fsp3) is 0.200. The fourth-order valence-corrected chi connectivity index (χ4v) is 3.53. The molecule has 1 atom stereocenters. The number of halogens is 2. The van der Waals surface area contributed by atoms with Crippen LogP contribution < -0.4 is 0 Å². The van der Waals surface area contributed by atoms with Crippen LogP contribution >= 0.6 is 27.5 Å². The van der Waals surface area contributed by atoms with Crippen molar-refractivity contribution in [3.8, 4) is 11.3 Å². The van der Waals surface area contributed by atoms with Gasteiger partial charge in [0, 0.05) is 27.8 Å². The Morgan fingerprint density at radius 3 is 2.73 bits per heavy atom. The van der Waals surface area contributed by atoms with Crippen LogP contribution in [0.4, 0.5) is 0 Å². The number of rotatable bonds is 6. The Morgan fingerprint density at radius 2 is 2.08 bits per heavy atom. The van der Waals surface area contributed by atoms with Gasteiger partial charge in [0.25, 0.3) is 0 Å². The summed E-state index contributed by atoms with van der Waals surface area (Å²) in [5.74, 6) is -1.51. The first-order valence-corrected chi connectivity index (χ1v) is 9.45. The molecule has 0 amide bonds. The first-order valence-electron chi connectivity index (χ1n) is 8.28. The predicted octanol–water partition coefficient (Wildman–Crippen LogP) is 5.40. The Morgan fingerprint density at radius 1 is 1.27 bits per heavy atom. The predicted molar refractivity (Wildman–Crippen MR) is 107 cm³/mol. The van der Waals surface area contributed by atoms with E-state index in [4.69, 9.17) is 11.6 Å². The quantitative estimate of drug-likeness (QED) is 0.566. The Kier molecular flexibility index (Phi) is 5.79. The topological polar surface area (TPSA) is 55.1 Å². The van der Waals surface area contributed by atoms with Crippen molar-refractivity contribution in [2.24, 2.45) is 0 Å². The summed E-state index contributed by atoms with van der Waals surface area (Å²) in [4.78, 5) is 11.9. The molecule has 0 spiro atoms. The molecule has 6 heteroatoms. The van der Waals surface area contributed by atoms with E-state index < -0.39 is 11.9 Å². The summed E-state index contributed by atoms with van der Waals surface area (Å²) in [6.07, 6.45) is 2.26. The summed E-state index contributed by atoms with van der Waals surface area (Å²) >= 11 is 9.60. The number of aryl methyl sites for hydroxylation is 1. The fourth-order valence-electron chi connectivity index (χ4n) is 2.94. The Labute approximate surface area is 165 Å². The summed E-state index contributed by atoms with van der Waals surface area (Å²) in [5, 5.41) is 14.9. The molecule has 0 fully saturated rings. The Balaban J connectivity index is 2.01. The van der Waals surface area contributed by atoms with Gasteiger partial charge >= 0.3 is 5.97 Å². The van der Waals surface area contributed by atoms with Gasteiger partial charge in [-0.25, -0.2) is 0 Å². The second-order valence-electron chi connectivity index (χ2n) is 6.01. The molecule has 3 rings (SSSR count). The normalized spacial score (nSPS) is 12.1. The van der Waals surface area contributed by atoms with Crippen molar-refractivity contribution >= 4 is 33.5 Å². The lowest BCUT2D eigenvalue weighted by Gasteiger charge is -2.16. The largest absolute Gasteiger partial charge is 0.481 e. The van der Waals surface area contributed by atoms with Gasteiger partial charge < -0.3 is 5.11 Å². The van der Waals surface area contributed by atoms with Crippen molar-refractivity contribution in [2.75, 3.05) is 0 Å². The number of carboxylic acid groups (broad SMARTS) is 1. The molecular formula is C20H18BrClN2O2. The van der Waals surface area contributed by atoms with Crippen molar-refractivity contribution < 1.29 is 9.90 Å². The standard InChI is InChI=1S/C20H18BrClN2O2/c1-2-24-9-8-19(23-24)17-12-16(22)7-6-14(17)11-18(20(25)26)13-4-3-5-15(21)10-13/h3-10,12,18H,2,11H2,1H3,(H,25,26). The molecule has 0 aliphatic heterocycles. The highest BCUT2D eigenvalue weighted by Gasteiger charge is 2.23. The van der Waals surface area contributed by atoms with Crippen molar-refractivity contribution in [2.45, 2.75) is 25.8 Å². The van der Waals surface area contributed by atoms with Gasteiger partial charge in [0.05, 0.1) is 11.6 Å². The minimum absolute atomic E-state index is 0.358. The van der Waals surface area contributed by atoms with E-state index in [2.05, 4.69) is 21.0 Å². The lowest BCUT2D eigenvalue weighted by Crippen LogP contribution is -2.15. The SMILES string of the molecule is CCn1ccc(-c2cc(Cl)ccc2CC(C(=O)O)c2cccc(Br)c2)n1. The molecule has 0 saturated heterocycles. The van der Waals surface area contributed by atoms with Crippen LogP contribution in [0, 0.1) is 0 Å². The molecule has 2 aromatic carbocycles. The minimum atomic E-state index is -0.858. The first kappa shape index (κ1) is 18.7. The van der Waals surface area contributed by atoms with Crippen molar-refractivity contribution in [1.29, 1.82) is 0 Å². The lowest BCUT2D eigenvalue weighted by atomic mass is 9.89. The minimum Gasteiger partial charge on any atom is -0.481 e. The molecule has 4 nitrogen and oxygen atoms in total. The van der Waals surface area contributed by atoms with Crippen LogP contribution in [0.3, 0.4) is 0 Å². The summed E-state index contributed by atoms with van der Waals surface area (Å²) in [7, 11) is 0. The molecule has 0 saturated carbocycles. The van der Waals surface area contributed by atoms with Crippen LogP contribution in [0.2, 0.25) is 5.02 Å². The maximum Gasteiger partial charge on any atom is 0.311 e. The Hall–Kier alpha value is -2.11. The van der Waals surface area contributed by atoms with E-state index in [0.717, 1.165) is 33.4 Å². The third-order valence-electron chi connectivity index (χ3n) is 4.29. The van der Waals surface area contributed by atoms with E-state index in [9.17, 15) is 9.90 Å². The number of nitrogens with zero attached hydrogens (tertiary/aromatic N) is 2.